The molecule has 1 heterocycles. The van der Waals surface area contributed by atoms with E-state index in [2.05, 4.69) is 10.3 Å². The maximum atomic E-state index is 11.2. The van der Waals surface area contributed by atoms with E-state index in [-0.39, 0.29) is 0 Å². The first kappa shape index (κ1) is 12.4. The predicted octanol–water partition coefficient (Wildman–Crippen LogP) is 1.19. The molecular weight excluding hydrogens is 234 g/mol. The van der Waals surface area contributed by atoms with Gasteiger partial charge in [-0.1, -0.05) is 18.2 Å². The van der Waals surface area contributed by atoms with Gasteiger partial charge in [-0.3, -0.25) is 5.01 Å². The Labute approximate surface area is 105 Å². The number of anilines is 1. The highest BCUT2D eigenvalue weighted by molar-refractivity contribution is 5.73. The van der Waals surface area contributed by atoms with Crippen molar-refractivity contribution in [3.63, 3.8) is 0 Å². The zero-order valence-electron chi connectivity index (χ0n) is 10.2. The fourth-order valence-electron chi connectivity index (χ4n) is 1.47. The molecule has 0 aliphatic carbocycles. The number of ether oxygens (including phenoxy) is 1. The zero-order valence-corrected chi connectivity index (χ0v) is 10.2. The fourth-order valence-corrected chi connectivity index (χ4v) is 1.47. The van der Waals surface area contributed by atoms with Gasteiger partial charge in [0.2, 0.25) is 0 Å². The van der Waals surface area contributed by atoms with Crippen LogP contribution in [-0.2, 0) is 14.4 Å². The number of nitrogens with one attached hydrogen (secondary N) is 1. The molecule has 96 valence electrons. The molecule has 1 unspecified atom stereocenters. The molecule has 0 bridgehead atoms. The van der Waals surface area contributed by atoms with Crippen LogP contribution in [0.1, 0.15) is 6.92 Å². The minimum absolute atomic E-state index is 0.427. The van der Waals surface area contributed by atoms with Crippen LogP contribution in [0.3, 0.4) is 0 Å². The quantitative estimate of drug-likeness (QED) is 0.809. The lowest BCUT2D eigenvalue weighted by Gasteiger charge is -2.23. The number of esters is 1. The second kappa shape index (κ2) is 5.52. The SMILES string of the molecule is COC(=O)C(C)ON1C=CN(c2ccccc2)N1. The van der Waals surface area contributed by atoms with Crippen LogP contribution >= 0.6 is 0 Å². The van der Waals surface area contributed by atoms with Crippen LogP contribution in [0.2, 0.25) is 0 Å². The Morgan fingerprint density at radius 1 is 1.28 bits per heavy atom. The summed E-state index contributed by atoms with van der Waals surface area (Å²) in [5.41, 5.74) is 3.91. The molecule has 0 radical (unpaired) electrons. The van der Waals surface area contributed by atoms with Crippen LogP contribution < -0.4 is 10.5 Å². The molecule has 0 spiro atoms. The topological polar surface area (TPSA) is 54.0 Å². The highest BCUT2D eigenvalue weighted by Crippen LogP contribution is 2.15. The fraction of sp³-hybridized carbons (Fsp3) is 0.250. The number of hydrogen-bond donors (Lipinski definition) is 1. The Kier molecular flexibility index (Phi) is 3.81. The summed E-state index contributed by atoms with van der Waals surface area (Å²) in [5, 5.41) is 3.12. The Balaban J connectivity index is 1.90. The monoisotopic (exact) mass is 249 g/mol. The Hall–Kier alpha value is -2.05. The van der Waals surface area contributed by atoms with Gasteiger partial charge in [-0.25, -0.2) is 9.63 Å². The predicted molar refractivity (Wildman–Crippen MR) is 65.6 cm³/mol. The first-order chi connectivity index (χ1) is 8.70. The second-order valence-electron chi connectivity index (χ2n) is 3.70. The summed E-state index contributed by atoms with van der Waals surface area (Å²) in [6.07, 6.45) is 2.79. The molecule has 0 saturated heterocycles. The van der Waals surface area contributed by atoms with Gasteiger partial charge in [-0.15, -0.1) is 5.53 Å². The van der Waals surface area contributed by atoms with Crippen molar-refractivity contribution in [2.45, 2.75) is 13.0 Å². The molecule has 1 aromatic carbocycles. The third-order valence-electron chi connectivity index (χ3n) is 2.40. The molecule has 0 aromatic heterocycles. The normalized spacial score (nSPS) is 15.9. The van der Waals surface area contributed by atoms with Crippen molar-refractivity contribution in [3.8, 4) is 0 Å². The summed E-state index contributed by atoms with van der Waals surface area (Å²) in [4.78, 5) is 16.5. The zero-order chi connectivity index (χ0) is 13.0. The molecule has 1 aromatic rings. The number of hydrogen-bond acceptors (Lipinski definition) is 6. The number of carbonyl (C=O) groups is 1. The molecule has 18 heavy (non-hydrogen) atoms. The van der Waals surface area contributed by atoms with Crippen molar-refractivity contribution in [2.75, 3.05) is 12.1 Å². The van der Waals surface area contributed by atoms with Crippen molar-refractivity contribution >= 4 is 11.7 Å². The van der Waals surface area contributed by atoms with Crippen LogP contribution in [-0.4, -0.2) is 24.4 Å². The molecule has 2 rings (SSSR count). The third-order valence-corrected chi connectivity index (χ3v) is 2.40. The molecule has 0 amide bonds. The molecule has 0 saturated carbocycles. The lowest BCUT2D eigenvalue weighted by molar-refractivity contribution is -0.203. The summed E-state index contributed by atoms with van der Waals surface area (Å²) in [6, 6.07) is 9.71. The molecule has 1 aliphatic rings. The van der Waals surface area contributed by atoms with E-state index < -0.39 is 12.1 Å². The lowest BCUT2D eigenvalue weighted by atomic mass is 10.3. The number of rotatable bonds is 4. The number of para-hydroxylation sites is 1. The number of methoxy groups -OCH3 is 1. The van der Waals surface area contributed by atoms with E-state index in [4.69, 9.17) is 4.84 Å². The van der Waals surface area contributed by atoms with E-state index in [0.29, 0.717) is 0 Å². The molecule has 6 heteroatoms. The van der Waals surface area contributed by atoms with Gasteiger partial charge in [0.25, 0.3) is 0 Å². The van der Waals surface area contributed by atoms with Gasteiger partial charge < -0.3 is 4.74 Å². The van der Waals surface area contributed by atoms with Crippen LogP contribution in [0.25, 0.3) is 0 Å². The highest BCUT2D eigenvalue weighted by Gasteiger charge is 2.20. The van der Waals surface area contributed by atoms with Gasteiger partial charge in [0, 0.05) is 6.20 Å². The molecule has 1 N–H and O–H groups in total. The lowest BCUT2D eigenvalue weighted by Crippen LogP contribution is -2.42. The standard InChI is InChI=1S/C12H15N3O3/c1-10(12(16)17-2)18-15-9-8-14(13-15)11-6-4-3-5-7-11/h3-10,13H,1-2H3. The van der Waals surface area contributed by atoms with Crippen LogP contribution in [0.5, 0.6) is 0 Å². The Morgan fingerprint density at radius 3 is 2.67 bits per heavy atom. The van der Waals surface area contributed by atoms with Crippen LogP contribution in [0.15, 0.2) is 42.7 Å². The van der Waals surface area contributed by atoms with E-state index >= 15 is 0 Å². The summed E-state index contributed by atoms with van der Waals surface area (Å²) < 4.78 is 4.58. The molecule has 1 aliphatic heterocycles. The van der Waals surface area contributed by atoms with E-state index in [1.165, 1.54) is 12.3 Å². The van der Waals surface area contributed by atoms with Crippen LogP contribution in [0, 0.1) is 0 Å². The van der Waals surface area contributed by atoms with Crippen LogP contribution in [0.4, 0.5) is 5.69 Å². The molecule has 0 fully saturated rings. The van der Waals surface area contributed by atoms with E-state index in [1.807, 2.05) is 30.3 Å². The van der Waals surface area contributed by atoms with Gasteiger partial charge in [-0.2, -0.15) is 5.17 Å². The number of benzene rings is 1. The largest absolute Gasteiger partial charge is 0.467 e. The minimum Gasteiger partial charge on any atom is -0.467 e. The second-order valence-corrected chi connectivity index (χ2v) is 3.70. The van der Waals surface area contributed by atoms with Crippen molar-refractivity contribution in [3.05, 3.63) is 42.7 Å². The first-order valence-corrected chi connectivity index (χ1v) is 5.53. The first-order valence-electron chi connectivity index (χ1n) is 5.53. The number of carbonyl (C=O) groups excluding carboxylic acids is 1. The van der Waals surface area contributed by atoms with Crippen molar-refractivity contribution < 1.29 is 14.4 Å². The number of hydroxylamine groups is 1. The van der Waals surface area contributed by atoms with Gasteiger partial charge in [0.1, 0.15) is 0 Å². The number of hydrazine groups is 2. The Morgan fingerprint density at radius 2 is 2.00 bits per heavy atom. The average Bonchev–Trinajstić information content (AvgIpc) is 2.87. The van der Waals surface area contributed by atoms with Gasteiger partial charge in [0.15, 0.2) is 6.10 Å². The van der Waals surface area contributed by atoms with E-state index in [9.17, 15) is 4.79 Å². The summed E-state index contributed by atoms with van der Waals surface area (Å²) in [6.45, 7) is 1.62. The maximum absolute atomic E-state index is 11.2. The third kappa shape index (κ3) is 2.79. The molecule has 6 nitrogen and oxygen atoms in total. The van der Waals surface area contributed by atoms with Crippen molar-refractivity contribution in [1.82, 2.24) is 10.7 Å². The minimum atomic E-state index is -0.678. The van der Waals surface area contributed by atoms with E-state index in [0.717, 1.165) is 5.69 Å². The van der Waals surface area contributed by atoms with Crippen molar-refractivity contribution in [1.29, 1.82) is 0 Å². The van der Waals surface area contributed by atoms with Gasteiger partial charge >= 0.3 is 5.97 Å². The molecular formula is C12H15N3O3. The van der Waals surface area contributed by atoms with Gasteiger partial charge in [0.05, 0.1) is 19.0 Å². The smallest absolute Gasteiger partial charge is 0.337 e. The summed E-state index contributed by atoms with van der Waals surface area (Å²) in [5.74, 6) is -0.427. The summed E-state index contributed by atoms with van der Waals surface area (Å²) in [7, 11) is 1.33. The highest BCUT2D eigenvalue weighted by atomic mass is 16.7. The summed E-state index contributed by atoms with van der Waals surface area (Å²) >= 11 is 0. The average molecular weight is 249 g/mol. The van der Waals surface area contributed by atoms with Gasteiger partial charge in [-0.05, 0) is 19.1 Å². The molecule has 1 atom stereocenters. The van der Waals surface area contributed by atoms with E-state index in [1.54, 1.807) is 24.3 Å². The van der Waals surface area contributed by atoms with Crippen molar-refractivity contribution in [2.24, 2.45) is 0 Å². The Bertz CT molecular complexity index is 435. The maximum Gasteiger partial charge on any atom is 0.337 e. The number of nitrogens with zero attached hydrogens (tertiary/aromatic N) is 2.